The summed E-state index contributed by atoms with van der Waals surface area (Å²) < 4.78 is 17.9. The molecule has 0 unspecified atom stereocenters. The zero-order chi connectivity index (χ0) is 24.5. The molecule has 9 atom stereocenters. The molecular formula is C25H38O7Si. The first-order valence-corrected chi connectivity index (χ1v) is 15.8. The normalized spacial score (nSPS) is 50.7. The highest BCUT2D eigenvalue weighted by molar-refractivity contribution is 6.78. The second kappa shape index (κ2) is 6.50. The summed E-state index contributed by atoms with van der Waals surface area (Å²) in [6.07, 6.45) is -2.26. The molecule has 0 aromatic heterocycles. The largest absolute Gasteiger partial charge is 0.509 e. The fourth-order valence-electron chi connectivity index (χ4n) is 8.27. The summed E-state index contributed by atoms with van der Waals surface area (Å²) in [5, 5.41) is 23.7. The minimum Gasteiger partial charge on any atom is -0.426 e. The molecule has 1 spiro atoms. The number of aliphatic hydroxyl groups excluding tert-OH is 1. The summed E-state index contributed by atoms with van der Waals surface area (Å²) in [7, 11) is -1.85. The Morgan fingerprint density at radius 1 is 1.12 bits per heavy atom. The van der Waals surface area contributed by atoms with Crippen molar-refractivity contribution in [1.29, 1.82) is 0 Å². The molecule has 2 saturated carbocycles. The lowest BCUT2D eigenvalue weighted by atomic mass is 9.43. The standard InChI is InChI=1S/C25H38O7Si/c1-12-9-15-24(29,11-30-15)18-20-25(32-21(28)31-20)10-14(33(6,7)8)13(2)16(22(25,3)4)17(26)19(27)23(12,18)5/h12,14-15,17-18,20,26,29H,9-11H2,1-8H3/t12-,14-,15+,17+,18-,20-,23+,24-,25+/m0/s1. The van der Waals surface area contributed by atoms with Crippen molar-refractivity contribution in [3.63, 3.8) is 0 Å². The number of fused-ring (bicyclic) bond motifs is 5. The highest BCUT2D eigenvalue weighted by Crippen LogP contribution is 2.68. The molecule has 2 bridgehead atoms. The Hall–Kier alpha value is -1.22. The van der Waals surface area contributed by atoms with E-state index < -0.39 is 60.5 Å². The second-order valence-corrected chi connectivity index (χ2v) is 18.5. The van der Waals surface area contributed by atoms with Crippen molar-refractivity contribution in [3.8, 4) is 0 Å². The van der Waals surface area contributed by atoms with Gasteiger partial charge in [-0.05, 0) is 36.8 Å². The molecule has 7 nitrogen and oxygen atoms in total. The number of ketones is 1. The van der Waals surface area contributed by atoms with Gasteiger partial charge in [-0.3, -0.25) is 4.79 Å². The van der Waals surface area contributed by atoms with Gasteiger partial charge in [0.1, 0.15) is 11.7 Å². The van der Waals surface area contributed by atoms with Crippen LogP contribution in [0.4, 0.5) is 4.79 Å². The first-order valence-electron chi connectivity index (χ1n) is 12.2. The van der Waals surface area contributed by atoms with E-state index in [-0.39, 0.29) is 23.8 Å². The average Bonchev–Trinajstić information content (AvgIpc) is 3.01. The number of Topliss-reactive ketones (excluding diaryl/α,β-unsaturated/α-hetero) is 1. The van der Waals surface area contributed by atoms with E-state index in [0.717, 1.165) is 5.57 Å². The van der Waals surface area contributed by atoms with Gasteiger partial charge >= 0.3 is 6.16 Å². The number of carbonyl (C=O) groups is 2. The second-order valence-electron chi connectivity index (χ2n) is 13.1. The lowest BCUT2D eigenvalue weighted by molar-refractivity contribution is -0.327. The summed E-state index contributed by atoms with van der Waals surface area (Å²) in [5.74, 6) is -1.21. The smallest absolute Gasteiger partial charge is 0.426 e. The summed E-state index contributed by atoms with van der Waals surface area (Å²) in [6, 6.07) is 0. The van der Waals surface area contributed by atoms with Crippen LogP contribution in [0.25, 0.3) is 0 Å². The molecule has 0 amide bonds. The maximum absolute atomic E-state index is 14.2. The third-order valence-electron chi connectivity index (χ3n) is 10.4. The number of hydrogen-bond donors (Lipinski definition) is 2. The van der Waals surface area contributed by atoms with E-state index in [9.17, 15) is 19.8 Å². The van der Waals surface area contributed by atoms with E-state index in [1.807, 2.05) is 34.6 Å². The van der Waals surface area contributed by atoms with Crippen molar-refractivity contribution >= 4 is 20.0 Å². The molecular weight excluding hydrogens is 440 g/mol. The van der Waals surface area contributed by atoms with E-state index in [0.29, 0.717) is 18.4 Å². The topological polar surface area (TPSA) is 102 Å². The van der Waals surface area contributed by atoms with Crippen LogP contribution in [0.3, 0.4) is 0 Å². The van der Waals surface area contributed by atoms with Crippen LogP contribution in [0.15, 0.2) is 11.1 Å². The molecule has 4 fully saturated rings. The molecule has 2 aliphatic heterocycles. The van der Waals surface area contributed by atoms with Crippen molar-refractivity contribution in [1.82, 2.24) is 0 Å². The molecule has 8 heteroatoms. The number of hydrogen-bond acceptors (Lipinski definition) is 7. The van der Waals surface area contributed by atoms with Crippen LogP contribution in [0.1, 0.15) is 47.5 Å². The van der Waals surface area contributed by atoms with Crippen molar-refractivity contribution in [2.45, 2.75) is 102 Å². The molecule has 184 valence electrons. The Balaban J connectivity index is 1.85. The van der Waals surface area contributed by atoms with Gasteiger partial charge in [0, 0.05) is 16.7 Å². The molecule has 5 rings (SSSR count). The predicted octanol–water partition coefficient (Wildman–Crippen LogP) is 3.45. The van der Waals surface area contributed by atoms with Gasteiger partial charge < -0.3 is 24.4 Å². The minimum absolute atomic E-state index is 0.0811. The first-order chi connectivity index (χ1) is 15.0. The fourth-order valence-corrected chi connectivity index (χ4v) is 10.6. The number of ether oxygens (including phenoxy) is 3. The van der Waals surface area contributed by atoms with Crippen LogP contribution >= 0.6 is 0 Å². The molecule has 3 aliphatic carbocycles. The van der Waals surface area contributed by atoms with E-state index in [1.54, 1.807) is 0 Å². The third-order valence-corrected chi connectivity index (χ3v) is 13.1. The van der Waals surface area contributed by atoms with Gasteiger partial charge in [0.15, 0.2) is 17.5 Å². The molecule has 33 heavy (non-hydrogen) atoms. The van der Waals surface area contributed by atoms with E-state index in [1.165, 1.54) is 0 Å². The predicted molar refractivity (Wildman–Crippen MR) is 123 cm³/mol. The molecule has 2 saturated heterocycles. The van der Waals surface area contributed by atoms with E-state index >= 15 is 0 Å². The number of rotatable bonds is 1. The lowest BCUT2D eigenvalue weighted by Crippen LogP contribution is -2.79. The monoisotopic (exact) mass is 478 g/mol. The van der Waals surface area contributed by atoms with Crippen LogP contribution in [-0.4, -0.2) is 66.3 Å². The zero-order valence-electron chi connectivity index (χ0n) is 21.0. The van der Waals surface area contributed by atoms with Crippen LogP contribution in [0.5, 0.6) is 0 Å². The summed E-state index contributed by atoms with van der Waals surface area (Å²) in [4.78, 5) is 27.1. The first kappa shape index (κ1) is 23.5. The van der Waals surface area contributed by atoms with Crippen molar-refractivity contribution in [2.24, 2.45) is 22.7 Å². The van der Waals surface area contributed by atoms with Gasteiger partial charge in [-0.25, -0.2) is 4.79 Å². The molecule has 2 N–H and O–H groups in total. The Kier molecular flexibility index (Phi) is 4.63. The van der Waals surface area contributed by atoms with Crippen LogP contribution < -0.4 is 0 Å². The number of allylic oxidation sites excluding steroid dienone is 1. The van der Waals surface area contributed by atoms with Crippen LogP contribution in [0, 0.1) is 22.7 Å². The maximum atomic E-state index is 14.2. The summed E-state index contributed by atoms with van der Waals surface area (Å²) in [5.41, 5.74) is -2.56. The maximum Gasteiger partial charge on any atom is 0.509 e. The molecule has 5 aliphatic rings. The molecule has 0 aromatic rings. The summed E-state index contributed by atoms with van der Waals surface area (Å²) >= 11 is 0. The van der Waals surface area contributed by atoms with Gasteiger partial charge in [0.05, 0.1) is 20.8 Å². The Morgan fingerprint density at radius 2 is 1.76 bits per heavy atom. The Bertz CT molecular complexity index is 966. The average molecular weight is 479 g/mol. The van der Waals surface area contributed by atoms with Gasteiger partial charge in [-0.15, -0.1) is 0 Å². The van der Waals surface area contributed by atoms with Gasteiger partial charge in [-0.2, -0.15) is 0 Å². The molecule has 0 aromatic carbocycles. The molecule has 2 heterocycles. The number of carbonyl (C=O) groups excluding carboxylic acids is 2. The number of aliphatic hydroxyl groups is 2. The zero-order valence-corrected chi connectivity index (χ0v) is 22.0. The van der Waals surface area contributed by atoms with Gasteiger partial charge in [0.25, 0.3) is 0 Å². The van der Waals surface area contributed by atoms with Gasteiger partial charge in [0.2, 0.25) is 0 Å². The lowest BCUT2D eigenvalue weighted by Gasteiger charge is -2.66. The SMILES string of the molecule is CC1=C2[C@@H](O)C(=O)[C@@]3(C)[C@H]([C@@H]4OC(=O)O[C@@]4(C[C@@H]1[Si](C)(C)C)C2(C)C)[C@]1(O)CO[C@@H]1C[C@@H]3C. The fraction of sp³-hybridized carbons (Fsp3) is 0.840. The van der Waals surface area contributed by atoms with Gasteiger partial charge in [-0.1, -0.05) is 52.9 Å². The van der Waals surface area contributed by atoms with E-state index in [2.05, 4.69) is 19.6 Å². The third kappa shape index (κ3) is 2.56. The highest BCUT2D eigenvalue weighted by atomic mass is 28.3. The Morgan fingerprint density at radius 3 is 2.30 bits per heavy atom. The van der Waals surface area contributed by atoms with Crippen LogP contribution in [-0.2, 0) is 19.0 Å². The van der Waals surface area contributed by atoms with E-state index in [4.69, 9.17) is 14.2 Å². The highest BCUT2D eigenvalue weighted by Gasteiger charge is 2.78. The summed E-state index contributed by atoms with van der Waals surface area (Å²) in [6.45, 7) is 16.6. The van der Waals surface area contributed by atoms with Crippen molar-refractivity contribution < 1.29 is 34.0 Å². The van der Waals surface area contributed by atoms with Crippen molar-refractivity contribution in [3.05, 3.63) is 11.1 Å². The van der Waals surface area contributed by atoms with Crippen LogP contribution in [0.2, 0.25) is 25.2 Å². The minimum atomic E-state index is -1.85. The Labute approximate surface area is 196 Å². The quantitative estimate of drug-likeness (QED) is 0.338. The van der Waals surface area contributed by atoms with Crippen molar-refractivity contribution in [2.75, 3.05) is 6.61 Å². The molecule has 0 radical (unpaired) electrons.